The molecule has 0 unspecified atom stereocenters. The van der Waals surface area contributed by atoms with Crippen molar-refractivity contribution in [3.63, 3.8) is 0 Å². The molecule has 4 nitrogen and oxygen atoms in total. The van der Waals surface area contributed by atoms with E-state index in [1.165, 1.54) is 0 Å². The minimum Gasteiger partial charge on any atom is -0.391 e. The fourth-order valence-corrected chi connectivity index (χ4v) is 1.44. The summed E-state index contributed by atoms with van der Waals surface area (Å²) in [6.07, 6.45) is 0. The Hall–Kier alpha value is -1.24. The molecule has 14 heavy (non-hydrogen) atoms. The summed E-state index contributed by atoms with van der Waals surface area (Å²) in [6, 6.07) is 0.749. The summed E-state index contributed by atoms with van der Waals surface area (Å²) in [7, 11) is 0. The molecular weight excluding hydrogens is 262 g/mol. The topological polar surface area (TPSA) is 69.2 Å². The molecule has 0 amide bonds. The highest BCUT2D eigenvalue weighted by molar-refractivity contribution is 9.08. The maximum Gasteiger partial charge on any atom is 0.299 e. The van der Waals surface area contributed by atoms with Crippen molar-refractivity contribution >= 4 is 27.3 Å². The molecule has 0 heterocycles. The van der Waals surface area contributed by atoms with Gasteiger partial charge in [-0.1, -0.05) is 15.9 Å². The zero-order chi connectivity index (χ0) is 10.9. The highest BCUT2D eigenvalue weighted by Crippen LogP contribution is 2.31. The number of hydrogen-bond donors (Lipinski definition) is 1. The fraction of sp³-hybridized carbons (Fsp3) is 0.143. The van der Waals surface area contributed by atoms with Gasteiger partial charge in [0.05, 0.1) is 4.92 Å². The van der Waals surface area contributed by atoms with Crippen LogP contribution in [0.25, 0.3) is 0 Å². The predicted molar refractivity (Wildman–Crippen MR) is 50.1 cm³/mol. The average Bonchev–Trinajstić information content (AvgIpc) is 2.12. The Balaban J connectivity index is 3.53. The van der Waals surface area contributed by atoms with E-state index in [2.05, 4.69) is 15.9 Å². The zero-order valence-corrected chi connectivity index (χ0v) is 8.35. The van der Waals surface area contributed by atoms with Crippen molar-refractivity contribution in [1.82, 2.24) is 0 Å². The number of halogens is 3. The monoisotopic (exact) mass is 266 g/mol. The van der Waals surface area contributed by atoms with Crippen LogP contribution >= 0.6 is 15.9 Å². The molecule has 0 fully saturated rings. The van der Waals surface area contributed by atoms with E-state index in [1.54, 1.807) is 0 Å². The quantitative estimate of drug-likeness (QED) is 0.387. The molecule has 0 atom stereocenters. The van der Waals surface area contributed by atoms with E-state index in [0.29, 0.717) is 0 Å². The lowest BCUT2D eigenvalue weighted by Crippen LogP contribution is -2.04. The molecule has 7 heteroatoms. The van der Waals surface area contributed by atoms with Crippen LogP contribution in [-0.2, 0) is 5.33 Å². The van der Waals surface area contributed by atoms with Crippen molar-refractivity contribution in [3.8, 4) is 0 Å². The first-order valence-electron chi connectivity index (χ1n) is 3.45. The van der Waals surface area contributed by atoms with Gasteiger partial charge in [-0.3, -0.25) is 10.1 Å². The summed E-state index contributed by atoms with van der Waals surface area (Å²) in [4.78, 5) is 9.64. The molecule has 1 aromatic carbocycles. The molecule has 0 spiro atoms. The van der Waals surface area contributed by atoms with E-state index < -0.39 is 27.9 Å². The number of alkyl halides is 1. The van der Waals surface area contributed by atoms with Crippen LogP contribution < -0.4 is 5.73 Å². The van der Waals surface area contributed by atoms with E-state index in [1.807, 2.05) is 0 Å². The molecule has 0 aromatic heterocycles. The Labute approximate surface area is 86.0 Å². The predicted octanol–water partition coefficient (Wildman–Crippen LogP) is 2.35. The number of nitro groups is 1. The third-order valence-corrected chi connectivity index (χ3v) is 2.24. The van der Waals surface area contributed by atoms with E-state index in [4.69, 9.17) is 5.73 Å². The van der Waals surface area contributed by atoms with Gasteiger partial charge in [0, 0.05) is 10.9 Å². The van der Waals surface area contributed by atoms with Crippen molar-refractivity contribution in [1.29, 1.82) is 0 Å². The summed E-state index contributed by atoms with van der Waals surface area (Å²) in [6.45, 7) is 0. The number of benzene rings is 1. The third kappa shape index (κ3) is 1.67. The number of nitrogens with zero attached hydrogens (tertiary/aromatic N) is 1. The zero-order valence-electron chi connectivity index (χ0n) is 6.76. The van der Waals surface area contributed by atoms with Crippen LogP contribution in [0.5, 0.6) is 0 Å². The highest BCUT2D eigenvalue weighted by Gasteiger charge is 2.24. The van der Waals surface area contributed by atoms with Crippen molar-refractivity contribution in [2.75, 3.05) is 5.73 Å². The molecule has 0 aliphatic heterocycles. The number of nitrogen functional groups attached to an aromatic ring is 1. The largest absolute Gasteiger partial charge is 0.391 e. The SMILES string of the molecule is Nc1c(F)c(F)cc(CBr)c1[N+](=O)[O-]. The van der Waals surface area contributed by atoms with E-state index in [-0.39, 0.29) is 10.9 Å². The van der Waals surface area contributed by atoms with Crippen LogP contribution in [0.1, 0.15) is 5.56 Å². The minimum absolute atomic E-state index is 0.00593. The molecule has 0 saturated carbocycles. The van der Waals surface area contributed by atoms with Gasteiger partial charge in [-0.2, -0.15) is 0 Å². The molecule has 2 N–H and O–H groups in total. The molecule has 0 bridgehead atoms. The molecule has 76 valence electrons. The van der Waals surface area contributed by atoms with Crippen LogP contribution in [0, 0.1) is 21.7 Å². The van der Waals surface area contributed by atoms with Crippen LogP contribution in [0.2, 0.25) is 0 Å². The number of anilines is 1. The summed E-state index contributed by atoms with van der Waals surface area (Å²) in [5.41, 5.74) is 3.72. The smallest absolute Gasteiger partial charge is 0.299 e. The highest BCUT2D eigenvalue weighted by atomic mass is 79.9. The molecule has 0 aliphatic carbocycles. The maximum absolute atomic E-state index is 12.8. The molecule has 0 radical (unpaired) electrons. The van der Waals surface area contributed by atoms with Gasteiger partial charge in [0.25, 0.3) is 5.69 Å². The number of nitrogens with two attached hydrogens (primary N) is 1. The number of hydrogen-bond acceptors (Lipinski definition) is 3. The third-order valence-electron chi connectivity index (χ3n) is 1.63. The van der Waals surface area contributed by atoms with Gasteiger partial charge < -0.3 is 5.73 Å². The first-order valence-corrected chi connectivity index (χ1v) is 4.58. The van der Waals surface area contributed by atoms with Crippen LogP contribution in [-0.4, -0.2) is 4.92 Å². The van der Waals surface area contributed by atoms with Gasteiger partial charge in [0.15, 0.2) is 17.3 Å². The maximum atomic E-state index is 12.8. The Kier molecular flexibility index (Phi) is 3.00. The lowest BCUT2D eigenvalue weighted by Gasteiger charge is -2.04. The number of nitro benzene ring substituents is 1. The van der Waals surface area contributed by atoms with Gasteiger partial charge in [0.1, 0.15) is 0 Å². The molecular formula is C7H5BrF2N2O2. The average molecular weight is 267 g/mol. The normalized spacial score (nSPS) is 10.2. The lowest BCUT2D eigenvalue weighted by molar-refractivity contribution is -0.384. The summed E-state index contributed by atoms with van der Waals surface area (Å²) in [5, 5.41) is 10.5. The Morgan fingerprint density at radius 1 is 1.57 bits per heavy atom. The van der Waals surface area contributed by atoms with E-state index in [0.717, 1.165) is 6.07 Å². The van der Waals surface area contributed by atoms with Gasteiger partial charge in [-0.25, -0.2) is 8.78 Å². The van der Waals surface area contributed by atoms with Gasteiger partial charge >= 0.3 is 0 Å². The Morgan fingerprint density at radius 2 is 2.14 bits per heavy atom. The molecule has 0 saturated heterocycles. The van der Waals surface area contributed by atoms with Crippen molar-refractivity contribution < 1.29 is 13.7 Å². The Morgan fingerprint density at radius 3 is 2.57 bits per heavy atom. The second kappa shape index (κ2) is 3.87. The van der Waals surface area contributed by atoms with Crippen LogP contribution in [0.3, 0.4) is 0 Å². The first kappa shape index (κ1) is 10.8. The van der Waals surface area contributed by atoms with Gasteiger partial charge in [-0.15, -0.1) is 0 Å². The second-order valence-electron chi connectivity index (χ2n) is 2.48. The summed E-state index contributed by atoms with van der Waals surface area (Å²) < 4.78 is 25.6. The molecule has 1 rings (SSSR count). The van der Waals surface area contributed by atoms with Gasteiger partial charge in [-0.05, 0) is 6.07 Å². The fourth-order valence-electron chi connectivity index (χ4n) is 1.01. The minimum atomic E-state index is -1.39. The summed E-state index contributed by atoms with van der Waals surface area (Å²) >= 11 is 2.92. The standard InChI is InChI=1S/C7H5BrF2N2O2/c8-2-3-1-4(9)5(10)6(11)7(3)12(13)14/h1H,2,11H2. The van der Waals surface area contributed by atoms with Crippen molar-refractivity contribution in [2.45, 2.75) is 5.33 Å². The summed E-state index contributed by atoms with van der Waals surface area (Å²) in [5.74, 6) is -2.58. The Bertz CT molecular complexity index is 398. The van der Waals surface area contributed by atoms with Crippen molar-refractivity contribution in [3.05, 3.63) is 33.4 Å². The molecule has 1 aromatic rings. The second-order valence-corrected chi connectivity index (χ2v) is 3.05. The first-order chi connectivity index (χ1) is 6.49. The van der Waals surface area contributed by atoms with E-state index >= 15 is 0 Å². The van der Waals surface area contributed by atoms with Crippen LogP contribution in [0.15, 0.2) is 6.07 Å². The molecule has 0 aliphatic rings. The van der Waals surface area contributed by atoms with Crippen LogP contribution in [0.4, 0.5) is 20.2 Å². The van der Waals surface area contributed by atoms with Crippen molar-refractivity contribution in [2.24, 2.45) is 0 Å². The lowest BCUT2D eigenvalue weighted by atomic mass is 10.1. The van der Waals surface area contributed by atoms with Gasteiger partial charge in [0.2, 0.25) is 0 Å². The number of rotatable bonds is 2. The van der Waals surface area contributed by atoms with E-state index in [9.17, 15) is 18.9 Å².